The molecule has 0 fully saturated rings. The van der Waals surface area contributed by atoms with Gasteiger partial charge >= 0.3 is 0 Å². The maximum absolute atomic E-state index is 2.50. The number of hydrogen-bond donors (Lipinski definition) is 0. The lowest BCUT2D eigenvalue weighted by molar-refractivity contribution is 0.673. The number of benzene rings is 8. The number of rotatable bonds is 3. The highest BCUT2D eigenvalue weighted by Crippen LogP contribution is 2.45. The first kappa shape index (κ1) is 26.7. The van der Waals surface area contributed by atoms with E-state index in [0.29, 0.717) is 11.8 Å². The molecule has 47 heavy (non-hydrogen) atoms. The van der Waals surface area contributed by atoms with Gasteiger partial charge in [0.25, 0.3) is 0 Å². The van der Waals surface area contributed by atoms with Gasteiger partial charge in [-0.15, -0.1) is 0 Å². The van der Waals surface area contributed by atoms with Gasteiger partial charge in [-0.2, -0.15) is 0 Å². The normalized spacial score (nSPS) is 16.4. The topological polar surface area (TPSA) is 0 Å². The minimum Gasteiger partial charge on any atom is -0.0620 e. The SMILES string of the molecule is c1ccc2c(c1)CC(Cc1ccc3c4ccc(C5Cc6ccccc6-c6ccccc65)cc4c4ccccc4c3c1)c1ccccc1-2. The molecule has 0 spiro atoms. The van der Waals surface area contributed by atoms with Crippen LogP contribution < -0.4 is 0 Å². The van der Waals surface area contributed by atoms with E-state index in [0.717, 1.165) is 19.3 Å². The van der Waals surface area contributed by atoms with E-state index in [1.165, 1.54) is 88.0 Å². The van der Waals surface area contributed by atoms with E-state index in [-0.39, 0.29) is 0 Å². The van der Waals surface area contributed by atoms with Gasteiger partial charge in [-0.25, -0.2) is 0 Å². The van der Waals surface area contributed by atoms with Gasteiger partial charge in [0.15, 0.2) is 0 Å². The second kappa shape index (κ2) is 10.5. The van der Waals surface area contributed by atoms with Crippen molar-refractivity contribution in [2.45, 2.75) is 31.1 Å². The van der Waals surface area contributed by atoms with Crippen LogP contribution in [0.3, 0.4) is 0 Å². The molecule has 0 aliphatic heterocycles. The molecule has 2 aliphatic rings. The third kappa shape index (κ3) is 4.21. The van der Waals surface area contributed by atoms with E-state index in [4.69, 9.17) is 0 Å². The third-order valence-electron chi connectivity index (χ3n) is 11.1. The maximum Gasteiger partial charge on any atom is 0.0136 e. The molecule has 0 saturated carbocycles. The molecule has 222 valence electrons. The second-order valence-corrected chi connectivity index (χ2v) is 13.6. The second-order valence-electron chi connectivity index (χ2n) is 13.6. The predicted octanol–water partition coefficient (Wildman–Crippen LogP) is 12.1. The van der Waals surface area contributed by atoms with Crippen molar-refractivity contribution < 1.29 is 0 Å². The van der Waals surface area contributed by atoms with Gasteiger partial charge in [0.1, 0.15) is 0 Å². The van der Waals surface area contributed by atoms with Crippen LogP contribution in [0.5, 0.6) is 0 Å². The van der Waals surface area contributed by atoms with E-state index in [1.807, 2.05) is 0 Å². The van der Waals surface area contributed by atoms with Gasteiger partial charge in [-0.05, 0) is 119 Å². The standard InChI is InChI=1S/C47H34/c1-3-13-35-31(11-1)27-34(37-15-5-6-16-38(35)37)25-30-21-23-43-44-24-22-33(29-47(44)42-20-10-9-19-41(42)46(43)26-30)45-28-32-12-2-4-14-36(32)39-17-7-8-18-40(39)45/h1-24,26,29,34,45H,25,27-28H2. The van der Waals surface area contributed by atoms with E-state index in [2.05, 4.69) is 158 Å². The molecule has 8 aromatic carbocycles. The van der Waals surface area contributed by atoms with Crippen LogP contribution in [-0.2, 0) is 19.3 Å². The van der Waals surface area contributed by atoms with Crippen LogP contribution in [0.15, 0.2) is 158 Å². The minimum atomic E-state index is 0.339. The zero-order valence-electron chi connectivity index (χ0n) is 26.3. The molecular formula is C47H34. The largest absolute Gasteiger partial charge is 0.0620 e. The Morgan fingerprint density at radius 1 is 0.383 bits per heavy atom. The van der Waals surface area contributed by atoms with Crippen LogP contribution in [-0.4, -0.2) is 0 Å². The summed E-state index contributed by atoms with van der Waals surface area (Å²) in [6.07, 6.45) is 3.15. The Bertz CT molecular complexity index is 2490. The van der Waals surface area contributed by atoms with Crippen molar-refractivity contribution in [3.63, 3.8) is 0 Å². The molecule has 0 N–H and O–H groups in total. The molecule has 2 aliphatic carbocycles. The van der Waals surface area contributed by atoms with Gasteiger partial charge in [0.2, 0.25) is 0 Å². The molecule has 0 aromatic heterocycles. The number of fused-ring (bicyclic) bond motifs is 12. The minimum absolute atomic E-state index is 0.339. The predicted molar refractivity (Wildman–Crippen MR) is 198 cm³/mol. The van der Waals surface area contributed by atoms with E-state index in [9.17, 15) is 0 Å². The molecular weight excluding hydrogens is 565 g/mol. The molecule has 2 unspecified atom stereocenters. The smallest absolute Gasteiger partial charge is 0.0136 e. The van der Waals surface area contributed by atoms with Crippen molar-refractivity contribution in [1.82, 2.24) is 0 Å². The van der Waals surface area contributed by atoms with Gasteiger partial charge in [-0.1, -0.05) is 152 Å². The molecule has 8 aromatic rings. The van der Waals surface area contributed by atoms with Crippen LogP contribution in [0.2, 0.25) is 0 Å². The fraction of sp³-hybridized carbons (Fsp3) is 0.106. The molecule has 0 radical (unpaired) electrons. The molecule has 0 nitrogen and oxygen atoms in total. The molecule has 0 heterocycles. The molecule has 0 heteroatoms. The Morgan fingerprint density at radius 3 is 1.62 bits per heavy atom. The summed E-state index contributed by atoms with van der Waals surface area (Å²) in [5.74, 6) is 0.808. The van der Waals surface area contributed by atoms with Crippen LogP contribution in [0, 0.1) is 0 Å². The molecule has 2 atom stereocenters. The van der Waals surface area contributed by atoms with Gasteiger partial charge in [0, 0.05) is 5.92 Å². The van der Waals surface area contributed by atoms with Crippen LogP contribution in [0.1, 0.15) is 45.2 Å². The van der Waals surface area contributed by atoms with Gasteiger partial charge < -0.3 is 0 Å². The van der Waals surface area contributed by atoms with Gasteiger partial charge in [-0.3, -0.25) is 0 Å². The summed E-state index contributed by atoms with van der Waals surface area (Å²) in [6, 6.07) is 59.6. The van der Waals surface area contributed by atoms with Crippen LogP contribution >= 0.6 is 0 Å². The lowest BCUT2D eigenvalue weighted by Gasteiger charge is -2.29. The first-order chi connectivity index (χ1) is 23.3. The summed E-state index contributed by atoms with van der Waals surface area (Å²) in [5, 5.41) is 8.09. The summed E-state index contributed by atoms with van der Waals surface area (Å²) >= 11 is 0. The van der Waals surface area contributed by atoms with Crippen molar-refractivity contribution in [3.05, 3.63) is 191 Å². The van der Waals surface area contributed by atoms with E-state index >= 15 is 0 Å². The zero-order valence-corrected chi connectivity index (χ0v) is 26.3. The molecule has 0 bridgehead atoms. The van der Waals surface area contributed by atoms with Crippen molar-refractivity contribution in [2.24, 2.45) is 0 Å². The first-order valence-electron chi connectivity index (χ1n) is 17.0. The van der Waals surface area contributed by atoms with Crippen molar-refractivity contribution in [1.29, 1.82) is 0 Å². The van der Waals surface area contributed by atoms with Crippen molar-refractivity contribution in [3.8, 4) is 22.3 Å². The Labute approximate surface area is 276 Å². The molecule has 0 saturated heterocycles. The zero-order chi connectivity index (χ0) is 30.9. The van der Waals surface area contributed by atoms with Crippen molar-refractivity contribution >= 4 is 32.3 Å². The highest BCUT2D eigenvalue weighted by Gasteiger charge is 2.27. The third-order valence-corrected chi connectivity index (χ3v) is 11.1. The monoisotopic (exact) mass is 598 g/mol. The van der Waals surface area contributed by atoms with Crippen LogP contribution in [0.25, 0.3) is 54.6 Å². The Hall–Kier alpha value is -5.46. The summed E-state index contributed by atoms with van der Waals surface area (Å²) < 4.78 is 0. The van der Waals surface area contributed by atoms with E-state index in [1.54, 1.807) is 0 Å². The molecule has 10 rings (SSSR count). The van der Waals surface area contributed by atoms with Crippen LogP contribution in [0.4, 0.5) is 0 Å². The number of hydrogen-bond acceptors (Lipinski definition) is 0. The Morgan fingerprint density at radius 2 is 0.894 bits per heavy atom. The lowest BCUT2D eigenvalue weighted by atomic mass is 9.75. The van der Waals surface area contributed by atoms with E-state index < -0.39 is 0 Å². The average molecular weight is 599 g/mol. The molecule has 0 amide bonds. The quantitative estimate of drug-likeness (QED) is 0.178. The highest BCUT2D eigenvalue weighted by molar-refractivity contribution is 6.25. The Kier molecular flexibility index (Phi) is 5.99. The van der Waals surface area contributed by atoms with Crippen molar-refractivity contribution in [2.75, 3.05) is 0 Å². The maximum atomic E-state index is 2.50. The summed E-state index contributed by atoms with van der Waals surface area (Å²) in [5.41, 5.74) is 14.2. The summed E-state index contributed by atoms with van der Waals surface area (Å²) in [7, 11) is 0. The first-order valence-corrected chi connectivity index (χ1v) is 17.0. The Balaban J connectivity index is 1.09. The summed E-state index contributed by atoms with van der Waals surface area (Å²) in [6.45, 7) is 0. The fourth-order valence-corrected chi connectivity index (χ4v) is 8.90. The highest BCUT2D eigenvalue weighted by atomic mass is 14.3. The fourth-order valence-electron chi connectivity index (χ4n) is 8.90. The lowest BCUT2D eigenvalue weighted by Crippen LogP contribution is -2.13. The average Bonchev–Trinajstić information content (AvgIpc) is 3.14. The summed E-state index contributed by atoms with van der Waals surface area (Å²) in [4.78, 5) is 0. The van der Waals surface area contributed by atoms with Gasteiger partial charge in [0.05, 0.1) is 0 Å².